The number of para-hydroxylation sites is 2. The fourth-order valence-corrected chi connectivity index (χ4v) is 4.44. The van der Waals surface area contributed by atoms with E-state index in [4.69, 9.17) is 0 Å². The Hall–Kier alpha value is -3.90. The minimum Gasteiger partial charge on any atom is -0.351 e. The van der Waals surface area contributed by atoms with Crippen LogP contribution in [0.3, 0.4) is 0 Å². The Bertz CT molecular complexity index is 1210. The van der Waals surface area contributed by atoms with Crippen molar-refractivity contribution in [3.05, 3.63) is 102 Å². The average Bonchev–Trinajstić information content (AvgIpc) is 3.30. The second-order valence-corrected chi connectivity index (χ2v) is 8.27. The van der Waals surface area contributed by atoms with Gasteiger partial charge in [-0.3, -0.25) is 14.5 Å². The monoisotopic (exact) mass is 438 g/mol. The van der Waals surface area contributed by atoms with Gasteiger partial charge >= 0.3 is 0 Å². The maximum Gasteiger partial charge on any atom is 0.270 e. The molecule has 2 amide bonds. The van der Waals surface area contributed by atoms with Gasteiger partial charge in [0.2, 0.25) is 5.91 Å². The zero-order chi connectivity index (χ0) is 22.6. The molecule has 5 rings (SSSR count). The molecule has 0 radical (unpaired) electrons. The fraction of sp³-hybridized carbons (Fsp3) is 0.185. The van der Waals surface area contributed by atoms with Crippen LogP contribution in [0.5, 0.6) is 0 Å². The van der Waals surface area contributed by atoms with Crippen molar-refractivity contribution in [2.24, 2.45) is 0 Å². The zero-order valence-electron chi connectivity index (χ0n) is 18.3. The van der Waals surface area contributed by atoms with Crippen LogP contribution in [0.25, 0.3) is 10.9 Å². The topological polar surface area (TPSA) is 68.4 Å². The van der Waals surface area contributed by atoms with Crippen molar-refractivity contribution in [2.75, 3.05) is 31.5 Å². The van der Waals surface area contributed by atoms with Gasteiger partial charge in [0, 0.05) is 42.8 Å². The molecule has 1 fully saturated rings. The third-order valence-corrected chi connectivity index (χ3v) is 6.13. The largest absolute Gasteiger partial charge is 0.351 e. The summed E-state index contributed by atoms with van der Waals surface area (Å²) in [5.74, 6) is -0.0707. The molecular formula is C27H26N4O2. The van der Waals surface area contributed by atoms with E-state index in [1.165, 1.54) is 0 Å². The Labute approximate surface area is 192 Å². The van der Waals surface area contributed by atoms with E-state index in [1.807, 2.05) is 95.9 Å². The molecule has 2 N–H and O–H groups in total. The molecule has 166 valence electrons. The number of nitrogens with one attached hydrogen (secondary N) is 2. The van der Waals surface area contributed by atoms with Crippen molar-refractivity contribution in [2.45, 2.75) is 6.04 Å². The first-order chi connectivity index (χ1) is 16.2. The Kier molecular flexibility index (Phi) is 5.91. The summed E-state index contributed by atoms with van der Waals surface area (Å²) < 4.78 is 0. The average molecular weight is 439 g/mol. The Morgan fingerprint density at radius 2 is 1.42 bits per heavy atom. The lowest BCUT2D eigenvalue weighted by Gasteiger charge is -2.38. The van der Waals surface area contributed by atoms with Crippen LogP contribution in [0, 0.1) is 0 Å². The molecule has 0 aliphatic carbocycles. The highest BCUT2D eigenvalue weighted by molar-refractivity contribution is 5.98. The molecule has 2 heterocycles. The van der Waals surface area contributed by atoms with Gasteiger partial charge in [0.25, 0.3) is 5.91 Å². The van der Waals surface area contributed by atoms with E-state index in [9.17, 15) is 9.59 Å². The van der Waals surface area contributed by atoms with Gasteiger partial charge in [0.15, 0.2) is 0 Å². The van der Waals surface area contributed by atoms with E-state index < -0.39 is 6.04 Å². The number of aromatic nitrogens is 1. The van der Waals surface area contributed by atoms with Crippen LogP contribution in [0.15, 0.2) is 91.0 Å². The minimum absolute atomic E-state index is 0.00384. The predicted molar refractivity (Wildman–Crippen MR) is 130 cm³/mol. The number of rotatable bonds is 5. The van der Waals surface area contributed by atoms with Crippen molar-refractivity contribution in [1.82, 2.24) is 14.8 Å². The second-order valence-electron chi connectivity index (χ2n) is 8.27. The Morgan fingerprint density at radius 1 is 0.788 bits per heavy atom. The fourth-order valence-electron chi connectivity index (χ4n) is 4.44. The van der Waals surface area contributed by atoms with Gasteiger partial charge in [-0.05, 0) is 29.8 Å². The first kappa shape index (κ1) is 21.0. The highest BCUT2D eigenvalue weighted by Crippen LogP contribution is 2.25. The van der Waals surface area contributed by atoms with E-state index in [1.54, 1.807) is 0 Å². The van der Waals surface area contributed by atoms with Gasteiger partial charge < -0.3 is 15.2 Å². The quantitative estimate of drug-likeness (QED) is 0.488. The molecule has 6 heteroatoms. The first-order valence-electron chi connectivity index (χ1n) is 11.2. The number of anilines is 1. The summed E-state index contributed by atoms with van der Waals surface area (Å²) in [5.41, 5.74) is 3.28. The van der Waals surface area contributed by atoms with Gasteiger partial charge in [-0.2, -0.15) is 0 Å². The van der Waals surface area contributed by atoms with Gasteiger partial charge in [-0.25, -0.2) is 0 Å². The number of H-pyrrole nitrogens is 1. The number of hydrogen-bond donors (Lipinski definition) is 2. The van der Waals surface area contributed by atoms with E-state index in [0.29, 0.717) is 31.9 Å². The molecule has 6 nitrogen and oxygen atoms in total. The molecule has 0 bridgehead atoms. The van der Waals surface area contributed by atoms with Gasteiger partial charge in [0.05, 0.1) is 0 Å². The normalized spacial score (nSPS) is 15.3. The number of carbonyl (C=O) groups is 2. The van der Waals surface area contributed by atoms with Crippen molar-refractivity contribution >= 4 is 28.4 Å². The molecule has 3 aromatic carbocycles. The van der Waals surface area contributed by atoms with Crippen LogP contribution in [0.1, 0.15) is 22.1 Å². The van der Waals surface area contributed by atoms with E-state index >= 15 is 0 Å². The number of aromatic amines is 1. The summed E-state index contributed by atoms with van der Waals surface area (Å²) in [6.07, 6.45) is 0. The van der Waals surface area contributed by atoms with Crippen LogP contribution < -0.4 is 5.32 Å². The van der Waals surface area contributed by atoms with Crippen LogP contribution >= 0.6 is 0 Å². The summed E-state index contributed by atoms with van der Waals surface area (Å²) in [5, 5.41) is 4.08. The second kappa shape index (κ2) is 9.30. The van der Waals surface area contributed by atoms with Crippen molar-refractivity contribution in [3.8, 4) is 0 Å². The standard InChI is InChI=1S/C27H26N4O2/c32-26(28-22-12-5-2-6-13-22)25(20-9-3-1-4-10-20)30-15-17-31(18-16-30)27(33)24-19-21-11-7-8-14-23(21)29-24/h1-14,19,25,29H,15-18H2,(H,28,32). The van der Waals surface area contributed by atoms with Crippen LogP contribution in [-0.4, -0.2) is 52.8 Å². The maximum atomic E-state index is 13.3. The molecule has 1 atom stereocenters. The molecule has 1 unspecified atom stereocenters. The molecule has 1 aromatic heterocycles. The molecule has 1 aliphatic heterocycles. The molecule has 1 aliphatic rings. The molecule has 4 aromatic rings. The molecule has 33 heavy (non-hydrogen) atoms. The molecule has 1 saturated heterocycles. The molecule has 0 saturated carbocycles. The van der Waals surface area contributed by atoms with Crippen molar-refractivity contribution in [3.63, 3.8) is 0 Å². The number of benzene rings is 3. The van der Waals surface area contributed by atoms with Gasteiger partial charge in [-0.1, -0.05) is 66.7 Å². The number of carbonyl (C=O) groups excluding carboxylic acids is 2. The smallest absolute Gasteiger partial charge is 0.270 e. The zero-order valence-corrected chi connectivity index (χ0v) is 18.3. The SMILES string of the molecule is O=C(Nc1ccccc1)C(c1ccccc1)N1CCN(C(=O)c2cc3ccccc3[nH]2)CC1. The van der Waals surface area contributed by atoms with Crippen molar-refractivity contribution < 1.29 is 9.59 Å². The molecule has 0 spiro atoms. The lowest BCUT2D eigenvalue weighted by Crippen LogP contribution is -2.51. The Balaban J connectivity index is 1.31. The summed E-state index contributed by atoms with van der Waals surface area (Å²) >= 11 is 0. The van der Waals surface area contributed by atoms with Gasteiger partial charge in [0.1, 0.15) is 11.7 Å². The highest BCUT2D eigenvalue weighted by Gasteiger charge is 2.32. The summed E-state index contributed by atoms with van der Waals surface area (Å²) in [4.78, 5) is 33.6. The number of piperazine rings is 1. The highest BCUT2D eigenvalue weighted by atomic mass is 16.2. The molecular weight excluding hydrogens is 412 g/mol. The number of amides is 2. The predicted octanol–water partition coefficient (Wildman–Crippen LogP) is 4.31. The lowest BCUT2D eigenvalue weighted by molar-refractivity contribution is -0.122. The number of nitrogens with zero attached hydrogens (tertiary/aromatic N) is 2. The van der Waals surface area contributed by atoms with Gasteiger partial charge in [-0.15, -0.1) is 0 Å². The van der Waals surface area contributed by atoms with Crippen LogP contribution in [0.2, 0.25) is 0 Å². The van der Waals surface area contributed by atoms with E-state index in [-0.39, 0.29) is 11.8 Å². The van der Waals surface area contributed by atoms with Crippen molar-refractivity contribution in [1.29, 1.82) is 0 Å². The summed E-state index contributed by atoms with van der Waals surface area (Å²) in [6, 6.07) is 28.7. The summed E-state index contributed by atoms with van der Waals surface area (Å²) in [6.45, 7) is 2.37. The third-order valence-electron chi connectivity index (χ3n) is 6.13. The third kappa shape index (κ3) is 4.52. The maximum absolute atomic E-state index is 13.3. The van der Waals surface area contributed by atoms with E-state index in [0.717, 1.165) is 22.2 Å². The lowest BCUT2D eigenvalue weighted by atomic mass is 10.0. The number of hydrogen-bond acceptors (Lipinski definition) is 3. The summed E-state index contributed by atoms with van der Waals surface area (Å²) in [7, 11) is 0. The van der Waals surface area contributed by atoms with Crippen LogP contribution in [-0.2, 0) is 4.79 Å². The van der Waals surface area contributed by atoms with E-state index in [2.05, 4.69) is 15.2 Å². The van der Waals surface area contributed by atoms with Crippen LogP contribution in [0.4, 0.5) is 5.69 Å². The number of fused-ring (bicyclic) bond motifs is 1. The minimum atomic E-state index is -0.420. The first-order valence-corrected chi connectivity index (χ1v) is 11.2. The Morgan fingerprint density at radius 3 is 2.12 bits per heavy atom.